The molecule has 5 heteroatoms. The molecule has 0 aliphatic heterocycles. The summed E-state index contributed by atoms with van der Waals surface area (Å²) in [4.78, 5) is 15.1. The quantitative estimate of drug-likeness (QED) is 0.396. The van der Waals surface area contributed by atoms with Gasteiger partial charge in [-0.05, 0) is 30.2 Å². The minimum absolute atomic E-state index is 0.126. The standard InChI is InChI=1S/C17H14N2O2S/c1-12-9-17(18-16-8-3-2-7-15(12)16)22-11-13-5-4-6-14(10-13)19(20)21/h2-10H,11H2,1H3. The molecule has 110 valence electrons. The van der Waals surface area contributed by atoms with Gasteiger partial charge in [0.05, 0.1) is 15.5 Å². The Morgan fingerprint density at radius 3 is 2.77 bits per heavy atom. The Hall–Kier alpha value is -2.40. The monoisotopic (exact) mass is 310 g/mol. The van der Waals surface area contributed by atoms with Gasteiger partial charge in [0, 0.05) is 23.3 Å². The molecule has 3 aromatic rings. The van der Waals surface area contributed by atoms with E-state index in [1.54, 1.807) is 23.9 Å². The SMILES string of the molecule is Cc1cc(SCc2cccc([N+](=O)[O-])c2)nc2ccccc12. The molecule has 0 bridgehead atoms. The van der Waals surface area contributed by atoms with E-state index >= 15 is 0 Å². The normalized spacial score (nSPS) is 10.8. The van der Waals surface area contributed by atoms with Crippen LogP contribution in [0.5, 0.6) is 0 Å². The van der Waals surface area contributed by atoms with Crippen molar-refractivity contribution in [3.63, 3.8) is 0 Å². The van der Waals surface area contributed by atoms with Gasteiger partial charge in [-0.2, -0.15) is 0 Å². The van der Waals surface area contributed by atoms with Gasteiger partial charge in [-0.1, -0.05) is 30.3 Å². The van der Waals surface area contributed by atoms with E-state index in [-0.39, 0.29) is 10.6 Å². The lowest BCUT2D eigenvalue weighted by atomic mass is 10.1. The Kier molecular flexibility index (Phi) is 4.06. The topological polar surface area (TPSA) is 56.0 Å². The lowest BCUT2D eigenvalue weighted by Gasteiger charge is -2.06. The lowest BCUT2D eigenvalue weighted by molar-refractivity contribution is -0.384. The number of pyridine rings is 1. The summed E-state index contributed by atoms with van der Waals surface area (Å²) in [6, 6.07) is 16.8. The first-order valence-corrected chi connectivity index (χ1v) is 7.84. The van der Waals surface area contributed by atoms with Crippen LogP contribution in [0.4, 0.5) is 5.69 Å². The fourth-order valence-electron chi connectivity index (χ4n) is 2.31. The molecule has 1 aromatic heterocycles. The number of hydrogen-bond donors (Lipinski definition) is 0. The molecule has 0 N–H and O–H groups in total. The van der Waals surface area contributed by atoms with Crippen molar-refractivity contribution in [3.8, 4) is 0 Å². The summed E-state index contributed by atoms with van der Waals surface area (Å²) < 4.78 is 0. The maximum absolute atomic E-state index is 10.8. The smallest absolute Gasteiger partial charge is 0.258 e. The Morgan fingerprint density at radius 1 is 1.14 bits per heavy atom. The van der Waals surface area contributed by atoms with E-state index in [1.165, 1.54) is 11.6 Å². The van der Waals surface area contributed by atoms with Gasteiger partial charge in [-0.15, -0.1) is 11.8 Å². The first-order chi connectivity index (χ1) is 10.6. The average Bonchev–Trinajstić information content (AvgIpc) is 2.53. The van der Waals surface area contributed by atoms with Gasteiger partial charge >= 0.3 is 0 Å². The molecular weight excluding hydrogens is 296 g/mol. The predicted octanol–water partition coefficient (Wildman–Crippen LogP) is 4.74. The fourth-order valence-corrected chi connectivity index (χ4v) is 3.23. The van der Waals surface area contributed by atoms with Crippen LogP contribution in [0.1, 0.15) is 11.1 Å². The number of non-ortho nitro benzene ring substituents is 1. The molecule has 4 nitrogen and oxygen atoms in total. The van der Waals surface area contributed by atoms with E-state index in [2.05, 4.69) is 24.0 Å². The molecule has 0 radical (unpaired) electrons. The van der Waals surface area contributed by atoms with Gasteiger partial charge in [0.15, 0.2) is 0 Å². The molecule has 0 unspecified atom stereocenters. The van der Waals surface area contributed by atoms with Crippen molar-refractivity contribution in [2.45, 2.75) is 17.7 Å². The van der Waals surface area contributed by atoms with Crippen molar-refractivity contribution in [2.24, 2.45) is 0 Å². The highest BCUT2D eigenvalue weighted by Crippen LogP contribution is 2.27. The van der Waals surface area contributed by atoms with Crippen molar-refractivity contribution >= 4 is 28.4 Å². The highest BCUT2D eigenvalue weighted by atomic mass is 32.2. The zero-order valence-corrected chi connectivity index (χ0v) is 12.8. The zero-order chi connectivity index (χ0) is 15.5. The van der Waals surface area contributed by atoms with Gasteiger partial charge in [0.25, 0.3) is 5.69 Å². The minimum Gasteiger partial charge on any atom is -0.258 e. The maximum Gasteiger partial charge on any atom is 0.269 e. The zero-order valence-electron chi connectivity index (χ0n) is 12.0. The van der Waals surface area contributed by atoms with Gasteiger partial charge in [0.1, 0.15) is 0 Å². The molecule has 0 aliphatic rings. The van der Waals surface area contributed by atoms with Crippen molar-refractivity contribution in [1.82, 2.24) is 4.98 Å². The van der Waals surface area contributed by atoms with E-state index in [0.717, 1.165) is 21.5 Å². The van der Waals surface area contributed by atoms with E-state index in [0.29, 0.717) is 5.75 Å². The lowest BCUT2D eigenvalue weighted by Crippen LogP contribution is -1.90. The van der Waals surface area contributed by atoms with Crippen LogP contribution in [0.25, 0.3) is 10.9 Å². The summed E-state index contributed by atoms with van der Waals surface area (Å²) in [7, 11) is 0. The van der Waals surface area contributed by atoms with Crippen LogP contribution in [0, 0.1) is 17.0 Å². The van der Waals surface area contributed by atoms with Crippen LogP contribution < -0.4 is 0 Å². The molecule has 3 rings (SSSR count). The molecular formula is C17H14N2O2S. The third-order valence-corrected chi connectivity index (χ3v) is 4.39. The van der Waals surface area contributed by atoms with Crippen molar-refractivity contribution in [3.05, 3.63) is 75.8 Å². The van der Waals surface area contributed by atoms with E-state index in [1.807, 2.05) is 24.3 Å². The summed E-state index contributed by atoms with van der Waals surface area (Å²) in [6.45, 7) is 2.07. The largest absolute Gasteiger partial charge is 0.269 e. The van der Waals surface area contributed by atoms with Crippen LogP contribution in [-0.4, -0.2) is 9.91 Å². The summed E-state index contributed by atoms with van der Waals surface area (Å²) in [5.74, 6) is 0.659. The molecule has 0 saturated carbocycles. The number of benzene rings is 2. The molecule has 22 heavy (non-hydrogen) atoms. The summed E-state index contributed by atoms with van der Waals surface area (Å²) in [5, 5.41) is 12.9. The van der Waals surface area contributed by atoms with Crippen LogP contribution >= 0.6 is 11.8 Å². The predicted molar refractivity (Wildman–Crippen MR) is 89.1 cm³/mol. The highest BCUT2D eigenvalue weighted by Gasteiger charge is 2.07. The molecule has 1 heterocycles. The molecule has 0 aliphatic carbocycles. The number of thioether (sulfide) groups is 1. The molecule has 0 spiro atoms. The third kappa shape index (κ3) is 3.09. The fraction of sp³-hybridized carbons (Fsp3) is 0.118. The van der Waals surface area contributed by atoms with E-state index < -0.39 is 0 Å². The van der Waals surface area contributed by atoms with Crippen molar-refractivity contribution in [1.29, 1.82) is 0 Å². The number of para-hydroxylation sites is 1. The summed E-state index contributed by atoms with van der Waals surface area (Å²) >= 11 is 1.59. The molecule has 0 atom stereocenters. The van der Waals surface area contributed by atoms with Gasteiger partial charge in [-0.3, -0.25) is 10.1 Å². The number of aromatic nitrogens is 1. The second-order valence-electron chi connectivity index (χ2n) is 5.01. The Morgan fingerprint density at radius 2 is 1.95 bits per heavy atom. The molecule has 0 fully saturated rings. The second-order valence-corrected chi connectivity index (χ2v) is 6.01. The first kappa shape index (κ1) is 14.5. The van der Waals surface area contributed by atoms with Crippen molar-refractivity contribution < 1.29 is 4.92 Å². The third-order valence-electron chi connectivity index (χ3n) is 3.41. The number of aryl methyl sites for hydroxylation is 1. The summed E-state index contributed by atoms with van der Waals surface area (Å²) in [5.41, 5.74) is 3.21. The number of nitro benzene ring substituents is 1. The van der Waals surface area contributed by atoms with Gasteiger partial charge in [-0.25, -0.2) is 4.98 Å². The number of nitrogens with zero attached hydrogens (tertiary/aromatic N) is 2. The Balaban J connectivity index is 1.82. The van der Waals surface area contributed by atoms with Crippen LogP contribution in [0.2, 0.25) is 0 Å². The van der Waals surface area contributed by atoms with Crippen LogP contribution in [-0.2, 0) is 5.75 Å². The highest BCUT2D eigenvalue weighted by molar-refractivity contribution is 7.98. The van der Waals surface area contributed by atoms with E-state index in [9.17, 15) is 10.1 Å². The van der Waals surface area contributed by atoms with Crippen molar-refractivity contribution in [2.75, 3.05) is 0 Å². The minimum atomic E-state index is -0.368. The number of rotatable bonds is 4. The van der Waals surface area contributed by atoms with Crippen LogP contribution in [0.3, 0.4) is 0 Å². The van der Waals surface area contributed by atoms with Gasteiger partial charge in [0.2, 0.25) is 0 Å². The van der Waals surface area contributed by atoms with E-state index in [4.69, 9.17) is 0 Å². The number of hydrogen-bond acceptors (Lipinski definition) is 4. The molecule has 0 amide bonds. The Labute approximate surface area is 132 Å². The number of fused-ring (bicyclic) bond motifs is 1. The second kappa shape index (κ2) is 6.15. The first-order valence-electron chi connectivity index (χ1n) is 6.86. The average molecular weight is 310 g/mol. The summed E-state index contributed by atoms with van der Waals surface area (Å²) in [6.07, 6.45) is 0. The Bertz CT molecular complexity index is 849. The number of nitro groups is 1. The molecule has 0 saturated heterocycles. The van der Waals surface area contributed by atoms with Crippen LogP contribution in [0.15, 0.2) is 59.6 Å². The maximum atomic E-state index is 10.8. The molecule has 2 aromatic carbocycles. The van der Waals surface area contributed by atoms with Gasteiger partial charge < -0.3 is 0 Å².